The molecular formula is C14H13ClN2O2S. The highest BCUT2D eigenvalue weighted by Gasteiger charge is 2.01. The van der Waals surface area contributed by atoms with Crippen LogP contribution in [0.15, 0.2) is 40.8 Å². The number of hydrazone groups is 1. The van der Waals surface area contributed by atoms with Crippen LogP contribution in [0.3, 0.4) is 0 Å². The van der Waals surface area contributed by atoms with E-state index in [1.54, 1.807) is 41.8 Å². The quantitative estimate of drug-likeness (QED) is 0.681. The number of aryl methyl sites for hydroxylation is 1. The number of carbonyl (C=O) groups is 1. The van der Waals surface area contributed by atoms with E-state index in [0.717, 1.165) is 10.4 Å². The van der Waals surface area contributed by atoms with Gasteiger partial charge in [-0.15, -0.1) is 11.3 Å². The molecule has 0 aliphatic carbocycles. The number of rotatable bonds is 5. The summed E-state index contributed by atoms with van der Waals surface area (Å²) in [5, 5.41) is 6.48. The van der Waals surface area contributed by atoms with E-state index in [4.69, 9.17) is 16.3 Å². The average molecular weight is 309 g/mol. The summed E-state index contributed by atoms with van der Waals surface area (Å²) in [6.45, 7) is 1.89. The summed E-state index contributed by atoms with van der Waals surface area (Å²) in [5.41, 5.74) is 3.55. The molecule has 1 heterocycles. The zero-order valence-corrected chi connectivity index (χ0v) is 12.4. The van der Waals surface area contributed by atoms with E-state index in [2.05, 4.69) is 10.5 Å². The second-order valence-corrected chi connectivity index (χ2v) is 5.39. The lowest BCUT2D eigenvalue weighted by Crippen LogP contribution is -2.24. The Morgan fingerprint density at radius 1 is 1.40 bits per heavy atom. The van der Waals surface area contributed by atoms with Crippen LogP contribution < -0.4 is 10.2 Å². The highest BCUT2D eigenvalue weighted by atomic mass is 35.5. The van der Waals surface area contributed by atoms with Gasteiger partial charge in [-0.1, -0.05) is 11.6 Å². The first kappa shape index (κ1) is 14.6. The Morgan fingerprint density at radius 3 is 2.80 bits per heavy atom. The first-order chi connectivity index (χ1) is 9.65. The molecule has 0 radical (unpaired) electrons. The van der Waals surface area contributed by atoms with Gasteiger partial charge in [-0.2, -0.15) is 5.10 Å². The molecule has 0 spiro atoms. The summed E-state index contributed by atoms with van der Waals surface area (Å²) < 4.78 is 5.29. The molecule has 104 valence electrons. The maximum absolute atomic E-state index is 11.5. The molecule has 2 aromatic rings. The van der Waals surface area contributed by atoms with Gasteiger partial charge in [0.05, 0.1) is 6.21 Å². The van der Waals surface area contributed by atoms with Gasteiger partial charge in [0.15, 0.2) is 6.61 Å². The number of nitrogens with one attached hydrogen (secondary N) is 1. The van der Waals surface area contributed by atoms with E-state index >= 15 is 0 Å². The molecule has 0 saturated carbocycles. The Labute approximate surface area is 126 Å². The van der Waals surface area contributed by atoms with Gasteiger partial charge in [-0.25, -0.2) is 5.43 Å². The molecule has 1 N–H and O–H groups in total. The fraction of sp³-hybridized carbons (Fsp3) is 0.143. The van der Waals surface area contributed by atoms with Crippen molar-refractivity contribution in [3.05, 3.63) is 51.2 Å². The van der Waals surface area contributed by atoms with Gasteiger partial charge in [0.1, 0.15) is 5.75 Å². The summed E-state index contributed by atoms with van der Waals surface area (Å²) in [4.78, 5) is 12.5. The monoisotopic (exact) mass is 308 g/mol. The molecule has 1 amide bonds. The minimum absolute atomic E-state index is 0.0948. The van der Waals surface area contributed by atoms with E-state index in [-0.39, 0.29) is 12.5 Å². The molecule has 0 aliphatic rings. The summed E-state index contributed by atoms with van der Waals surface area (Å²) in [5.74, 6) is 0.271. The average Bonchev–Trinajstić information content (AvgIpc) is 2.84. The Morgan fingerprint density at radius 2 is 2.15 bits per heavy atom. The number of ether oxygens (including phenoxy) is 1. The molecule has 0 aliphatic heterocycles. The topological polar surface area (TPSA) is 50.7 Å². The minimum Gasteiger partial charge on any atom is -0.484 e. The second kappa shape index (κ2) is 7.07. The van der Waals surface area contributed by atoms with E-state index in [0.29, 0.717) is 10.8 Å². The standard InChI is InChI=1S/C14H13ClN2O2S/c1-10-6-7-20-13(10)8-16-17-14(18)9-19-12-4-2-11(15)3-5-12/h2-8H,9H2,1H3,(H,17,18)/b16-8-. The third-order valence-electron chi connectivity index (χ3n) is 2.46. The van der Waals surface area contributed by atoms with Crippen molar-refractivity contribution in [3.8, 4) is 5.75 Å². The molecular weight excluding hydrogens is 296 g/mol. The molecule has 1 aromatic carbocycles. The number of hydrogen-bond donors (Lipinski definition) is 1. The lowest BCUT2D eigenvalue weighted by Gasteiger charge is -2.04. The van der Waals surface area contributed by atoms with Crippen LogP contribution in [-0.2, 0) is 4.79 Å². The lowest BCUT2D eigenvalue weighted by atomic mass is 10.3. The van der Waals surface area contributed by atoms with Crippen LogP contribution >= 0.6 is 22.9 Å². The van der Waals surface area contributed by atoms with Crippen molar-refractivity contribution in [2.75, 3.05) is 6.61 Å². The van der Waals surface area contributed by atoms with E-state index < -0.39 is 0 Å². The van der Waals surface area contributed by atoms with Crippen molar-refractivity contribution in [2.45, 2.75) is 6.92 Å². The smallest absolute Gasteiger partial charge is 0.277 e. The van der Waals surface area contributed by atoms with Gasteiger partial charge in [-0.05, 0) is 48.2 Å². The van der Waals surface area contributed by atoms with E-state index in [9.17, 15) is 4.79 Å². The van der Waals surface area contributed by atoms with Crippen molar-refractivity contribution < 1.29 is 9.53 Å². The lowest BCUT2D eigenvalue weighted by molar-refractivity contribution is -0.123. The second-order valence-electron chi connectivity index (χ2n) is 4.00. The molecule has 1 aromatic heterocycles. The Balaban J connectivity index is 1.77. The number of thiophene rings is 1. The van der Waals surface area contributed by atoms with Crippen molar-refractivity contribution in [1.82, 2.24) is 5.43 Å². The molecule has 2 rings (SSSR count). The fourth-order valence-electron chi connectivity index (χ4n) is 1.39. The molecule has 20 heavy (non-hydrogen) atoms. The third kappa shape index (κ3) is 4.36. The third-order valence-corrected chi connectivity index (χ3v) is 3.66. The molecule has 0 bridgehead atoms. The fourth-order valence-corrected chi connectivity index (χ4v) is 2.30. The maximum atomic E-state index is 11.5. The van der Waals surface area contributed by atoms with Crippen molar-refractivity contribution in [3.63, 3.8) is 0 Å². The number of amides is 1. The molecule has 0 unspecified atom stereocenters. The highest BCUT2D eigenvalue weighted by molar-refractivity contribution is 7.11. The van der Waals surface area contributed by atoms with E-state index in [1.165, 1.54) is 0 Å². The van der Waals surface area contributed by atoms with Crippen LogP contribution in [0.25, 0.3) is 0 Å². The summed E-state index contributed by atoms with van der Waals surface area (Å²) >= 11 is 7.32. The van der Waals surface area contributed by atoms with Crippen LogP contribution in [0.2, 0.25) is 5.02 Å². The van der Waals surface area contributed by atoms with Crippen LogP contribution in [0.4, 0.5) is 0 Å². The van der Waals surface area contributed by atoms with Crippen molar-refractivity contribution in [2.24, 2.45) is 5.10 Å². The van der Waals surface area contributed by atoms with Crippen molar-refractivity contribution in [1.29, 1.82) is 0 Å². The predicted octanol–water partition coefficient (Wildman–Crippen LogP) is 3.24. The normalized spacial score (nSPS) is 10.7. The number of hydrogen-bond acceptors (Lipinski definition) is 4. The van der Waals surface area contributed by atoms with Crippen molar-refractivity contribution >= 4 is 35.1 Å². The van der Waals surface area contributed by atoms with Gasteiger partial charge in [0.2, 0.25) is 0 Å². The SMILES string of the molecule is Cc1ccsc1/C=N\NC(=O)COc1ccc(Cl)cc1. The van der Waals surface area contributed by atoms with Crippen LogP contribution in [0.1, 0.15) is 10.4 Å². The van der Waals surface area contributed by atoms with Crippen LogP contribution in [0, 0.1) is 6.92 Å². The molecule has 0 atom stereocenters. The number of halogens is 1. The van der Waals surface area contributed by atoms with Gasteiger partial charge in [0, 0.05) is 9.90 Å². The van der Waals surface area contributed by atoms with Gasteiger partial charge >= 0.3 is 0 Å². The largest absolute Gasteiger partial charge is 0.484 e. The Hall–Kier alpha value is -1.85. The first-order valence-electron chi connectivity index (χ1n) is 5.89. The zero-order valence-electron chi connectivity index (χ0n) is 10.8. The zero-order chi connectivity index (χ0) is 14.4. The van der Waals surface area contributed by atoms with Gasteiger partial charge in [0.25, 0.3) is 5.91 Å². The predicted molar refractivity (Wildman–Crippen MR) is 81.7 cm³/mol. The number of carbonyl (C=O) groups excluding carboxylic acids is 1. The molecule has 6 heteroatoms. The highest BCUT2D eigenvalue weighted by Crippen LogP contribution is 2.15. The van der Waals surface area contributed by atoms with Crippen LogP contribution in [0.5, 0.6) is 5.75 Å². The maximum Gasteiger partial charge on any atom is 0.277 e. The summed E-state index contributed by atoms with van der Waals surface area (Å²) in [6, 6.07) is 8.80. The van der Waals surface area contributed by atoms with Crippen LogP contribution in [-0.4, -0.2) is 18.7 Å². The minimum atomic E-state index is -0.314. The molecule has 4 nitrogen and oxygen atoms in total. The Kier molecular flexibility index (Phi) is 5.15. The summed E-state index contributed by atoms with van der Waals surface area (Å²) in [7, 11) is 0. The first-order valence-corrected chi connectivity index (χ1v) is 7.15. The van der Waals surface area contributed by atoms with Gasteiger partial charge in [-0.3, -0.25) is 4.79 Å². The number of benzene rings is 1. The molecule has 0 saturated heterocycles. The number of nitrogens with zero attached hydrogens (tertiary/aromatic N) is 1. The van der Waals surface area contributed by atoms with Gasteiger partial charge < -0.3 is 4.74 Å². The summed E-state index contributed by atoms with van der Waals surface area (Å²) in [6.07, 6.45) is 1.63. The Bertz CT molecular complexity index is 608. The van der Waals surface area contributed by atoms with E-state index in [1.807, 2.05) is 18.4 Å². The molecule has 0 fully saturated rings.